The van der Waals surface area contributed by atoms with Crippen LogP contribution in [0.1, 0.15) is 38.4 Å². The fourth-order valence-corrected chi connectivity index (χ4v) is 2.77. The fourth-order valence-electron chi connectivity index (χ4n) is 2.11. The van der Waals surface area contributed by atoms with E-state index in [1.807, 2.05) is 37.3 Å². The second kappa shape index (κ2) is 11.8. The average molecular weight is 371 g/mol. The van der Waals surface area contributed by atoms with Gasteiger partial charge in [0, 0.05) is 26.2 Å². The van der Waals surface area contributed by atoms with Crippen LogP contribution in [0.4, 0.5) is 0 Å². The summed E-state index contributed by atoms with van der Waals surface area (Å²) in [5.74, 6) is 0.755. The van der Waals surface area contributed by atoms with Crippen molar-refractivity contribution < 1.29 is 13.5 Å². The van der Waals surface area contributed by atoms with Crippen LogP contribution in [0, 0.1) is 0 Å². The number of aliphatic hydroxyl groups excluding tert-OH is 1. The number of nitrogens with one attached hydrogen (secondary N) is 3. The summed E-state index contributed by atoms with van der Waals surface area (Å²) in [7, 11) is -3.14. The van der Waals surface area contributed by atoms with Gasteiger partial charge in [0.05, 0.1) is 11.9 Å². The quantitative estimate of drug-likeness (QED) is 0.264. The minimum atomic E-state index is -3.14. The molecule has 0 aliphatic rings. The highest BCUT2D eigenvalue weighted by molar-refractivity contribution is 7.89. The zero-order valence-corrected chi connectivity index (χ0v) is 15.8. The standard InChI is InChI=1S/C17H30N4O3S/c1-3-18-17(19-12-8-13-21-25(23,24)4-2)20-14-11-16(22)15-9-6-5-7-10-15/h5-7,9-10,16,21-22H,3-4,8,11-14H2,1-2H3,(H2,18,19,20). The Morgan fingerprint density at radius 2 is 1.88 bits per heavy atom. The van der Waals surface area contributed by atoms with E-state index in [2.05, 4.69) is 20.3 Å². The highest BCUT2D eigenvalue weighted by Crippen LogP contribution is 2.14. The molecule has 0 aliphatic carbocycles. The van der Waals surface area contributed by atoms with Gasteiger partial charge >= 0.3 is 0 Å². The van der Waals surface area contributed by atoms with E-state index in [0.717, 1.165) is 12.1 Å². The van der Waals surface area contributed by atoms with Crippen molar-refractivity contribution in [2.45, 2.75) is 32.8 Å². The first-order valence-electron chi connectivity index (χ1n) is 8.71. The Balaban J connectivity index is 2.33. The molecule has 0 amide bonds. The second-order valence-electron chi connectivity index (χ2n) is 5.55. The Bertz CT molecular complexity index is 606. The molecular weight excluding hydrogens is 340 g/mol. The van der Waals surface area contributed by atoms with E-state index in [1.165, 1.54) is 0 Å². The first-order valence-corrected chi connectivity index (χ1v) is 10.4. The Hall–Kier alpha value is -1.64. The summed E-state index contributed by atoms with van der Waals surface area (Å²) in [6.07, 6.45) is 0.688. The number of nitrogens with zero attached hydrogens (tertiary/aromatic N) is 1. The van der Waals surface area contributed by atoms with Gasteiger partial charge in [-0.25, -0.2) is 13.1 Å². The van der Waals surface area contributed by atoms with Crippen LogP contribution in [-0.4, -0.2) is 51.4 Å². The molecule has 8 heteroatoms. The number of hydrogen-bond acceptors (Lipinski definition) is 4. The van der Waals surface area contributed by atoms with Crippen LogP contribution in [0.25, 0.3) is 0 Å². The van der Waals surface area contributed by atoms with Crippen molar-refractivity contribution in [3.8, 4) is 0 Å². The average Bonchev–Trinajstić information content (AvgIpc) is 2.62. The van der Waals surface area contributed by atoms with Gasteiger partial charge in [-0.15, -0.1) is 0 Å². The molecule has 25 heavy (non-hydrogen) atoms. The minimum Gasteiger partial charge on any atom is -0.388 e. The monoisotopic (exact) mass is 370 g/mol. The van der Waals surface area contributed by atoms with Crippen LogP contribution in [0.2, 0.25) is 0 Å². The van der Waals surface area contributed by atoms with E-state index in [1.54, 1.807) is 6.92 Å². The van der Waals surface area contributed by atoms with E-state index in [4.69, 9.17) is 0 Å². The highest BCUT2D eigenvalue weighted by atomic mass is 32.2. The number of aliphatic imine (C=N–C) groups is 1. The van der Waals surface area contributed by atoms with Gasteiger partial charge in [-0.2, -0.15) is 0 Å². The molecule has 1 atom stereocenters. The summed E-state index contributed by atoms with van der Waals surface area (Å²) in [5, 5.41) is 16.5. The zero-order valence-electron chi connectivity index (χ0n) is 15.0. The van der Waals surface area contributed by atoms with Crippen molar-refractivity contribution in [3.05, 3.63) is 35.9 Å². The largest absolute Gasteiger partial charge is 0.388 e. The predicted octanol–water partition coefficient (Wildman–Crippen LogP) is 0.995. The number of benzene rings is 1. The van der Waals surface area contributed by atoms with Gasteiger partial charge in [0.15, 0.2) is 5.96 Å². The molecule has 0 fully saturated rings. The molecule has 0 heterocycles. The molecule has 4 N–H and O–H groups in total. The number of sulfonamides is 1. The summed E-state index contributed by atoms with van der Waals surface area (Å²) >= 11 is 0. The topological polar surface area (TPSA) is 103 Å². The predicted molar refractivity (Wildman–Crippen MR) is 102 cm³/mol. The van der Waals surface area contributed by atoms with Crippen molar-refractivity contribution in [2.75, 3.05) is 31.9 Å². The molecule has 0 spiro atoms. The Labute approximate surface area is 151 Å². The van der Waals surface area contributed by atoms with E-state index >= 15 is 0 Å². The smallest absolute Gasteiger partial charge is 0.211 e. The number of hydrogen-bond donors (Lipinski definition) is 4. The van der Waals surface area contributed by atoms with Crippen molar-refractivity contribution in [3.63, 3.8) is 0 Å². The van der Waals surface area contributed by atoms with Gasteiger partial charge in [-0.1, -0.05) is 30.3 Å². The third-order valence-corrected chi connectivity index (χ3v) is 4.95. The highest BCUT2D eigenvalue weighted by Gasteiger charge is 2.07. The lowest BCUT2D eigenvalue weighted by atomic mass is 10.1. The van der Waals surface area contributed by atoms with Crippen molar-refractivity contribution in [2.24, 2.45) is 4.99 Å². The van der Waals surface area contributed by atoms with Crippen LogP contribution in [0.15, 0.2) is 35.3 Å². The molecule has 1 rings (SSSR count). The van der Waals surface area contributed by atoms with Crippen molar-refractivity contribution >= 4 is 16.0 Å². The summed E-state index contributed by atoms with van der Waals surface area (Å²) in [6, 6.07) is 9.54. The molecule has 142 valence electrons. The van der Waals surface area contributed by atoms with Crippen molar-refractivity contribution in [1.29, 1.82) is 0 Å². The summed E-state index contributed by atoms with van der Waals surface area (Å²) in [6.45, 7) is 5.80. The Kier molecular flexibility index (Phi) is 10.1. The molecular formula is C17H30N4O3S. The Morgan fingerprint density at radius 3 is 2.52 bits per heavy atom. The summed E-state index contributed by atoms with van der Waals surface area (Å²) in [4.78, 5) is 4.41. The van der Waals surface area contributed by atoms with Crippen LogP contribution in [0.5, 0.6) is 0 Å². The molecule has 0 bridgehead atoms. The van der Waals surface area contributed by atoms with E-state index < -0.39 is 16.1 Å². The lowest BCUT2D eigenvalue weighted by Crippen LogP contribution is -2.38. The summed E-state index contributed by atoms with van der Waals surface area (Å²) in [5.41, 5.74) is 0.898. The first kappa shape index (κ1) is 21.4. The molecule has 7 nitrogen and oxygen atoms in total. The third kappa shape index (κ3) is 9.42. The summed E-state index contributed by atoms with van der Waals surface area (Å²) < 4.78 is 25.2. The first-order chi connectivity index (χ1) is 12.0. The zero-order chi connectivity index (χ0) is 18.5. The van der Waals surface area contributed by atoms with E-state index in [9.17, 15) is 13.5 Å². The molecule has 0 radical (unpaired) electrons. The number of rotatable bonds is 11. The van der Waals surface area contributed by atoms with Crippen LogP contribution in [-0.2, 0) is 10.0 Å². The minimum absolute atomic E-state index is 0.0875. The van der Waals surface area contributed by atoms with Gasteiger partial charge < -0.3 is 15.7 Å². The second-order valence-corrected chi connectivity index (χ2v) is 7.65. The normalized spacial score (nSPS) is 13.5. The number of aliphatic hydroxyl groups is 1. The number of guanidine groups is 1. The van der Waals surface area contributed by atoms with Crippen molar-refractivity contribution in [1.82, 2.24) is 15.4 Å². The molecule has 0 aliphatic heterocycles. The molecule has 1 aromatic carbocycles. The van der Waals surface area contributed by atoms with Gasteiger partial charge in [-0.05, 0) is 32.3 Å². The van der Waals surface area contributed by atoms with Crippen LogP contribution in [0.3, 0.4) is 0 Å². The van der Waals surface area contributed by atoms with Gasteiger partial charge in [0.1, 0.15) is 0 Å². The molecule has 1 aromatic rings. The molecule has 0 aromatic heterocycles. The molecule has 0 saturated heterocycles. The van der Waals surface area contributed by atoms with Gasteiger partial charge in [-0.3, -0.25) is 4.99 Å². The molecule has 0 saturated carbocycles. The SMILES string of the molecule is CCNC(=NCCCNS(=O)(=O)CC)NCCC(O)c1ccccc1. The van der Waals surface area contributed by atoms with Crippen LogP contribution >= 0.6 is 0 Å². The van der Waals surface area contributed by atoms with Gasteiger partial charge in [0.25, 0.3) is 0 Å². The maximum absolute atomic E-state index is 11.3. The molecule has 1 unspecified atom stereocenters. The van der Waals surface area contributed by atoms with E-state index in [-0.39, 0.29) is 5.75 Å². The maximum Gasteiger partial charge on any atom is 0.211 e. The lowest BCUT2D eigenvalue weighted by molar-refractivity contribution is 0.168. The van der Waals surface area contributed by atoms with Gasteiger partial charge in [0.2, 0.25) is 10.0 Å². The Morgan fingerprint density at radius 1 is 1.16 bits per heavy atom. The maximum atomic E-state index is 11.3. The third-order valence-electron chi connectivity index (χ3n) is 3.55. The van der Waals surface area contributed by atoms with E-state index in [0.29, 0.717) is 38.4 Å². The fraction of sp³-hybridized carbons (Fsp3) is 0.588. The lowest BCUT2D eigenvalue weighted by Gasteiger charge is -2.14. The van der Waals surface area contributed by atoms with Crippen LogP contribution < -0.4 is 15.4 Å².